The Balaban J connectivity index is 1.68. The van der Waals surface area contributed by atoms with Crippen molar-refractivity contribution >= 4 is 0 Å². The molecule has 2 heteroatoms. The third-order valence-electron chi connectivity index (χ3n) is 4.23. The Morgan fingerprint density at radius 1 is 1.06 bits per heavy atom. The van der Waals surface area contributed by atoms with E-state index in [1.54, 1.807) is 0 Å². The van der Waals surface area contributed by atoms with Gasteiger partial charge in [0.05, 0.1) is 0 Å². The Morgan fingerprint density at radius 2 is 1.78 bits per heavy atom. The van der Waals surface area contributed by atoms with Gasteiger partial charge in [0.25, 0.3) is 0 Å². The number of hydrogen-bond acceptors (Lipinski definition) is 2. The van der Waals surface area contributed by atoms with Crippen LogP contribution in [0.1, 0.15) is 36.3 Å². The van der Waals surface area contributed by atoms with Crippen LogP contribution in [0.15, 0.2) is 24.3 Å². The van der Waals surface area contributed by atoms with Crippen LogP contribution in [0.2, 0.25) is 0 Å². The van der Waals surface area contributed by atoms with E-state index >= 15 is 0 Å². The highest BCUT2D eigenvalue weighted by Gasteiger charge is 2.30. The molecule has 2 aliphatic rings. The van der Waals surface area contributed by atoms with Crippen LogP contribution in [0.25, 0.3) is 0 Å². The third-order valence-corrected chi connectivity index (χ3v) is 4.23. The molecule has 0 aromatic heterocycles. The molecule has 1 aromatic carbocycles. The molecule has 1 aliphatic carbocycles. The summed E-state index contributed by atoms with van der Waals surface area (Å²) < 4.78 is 0. The minimum Gasteiger partial charge on any atom is -0.310 e. The van der Waals surface area contributed by atoms with E-state index < -0.39 is 0 Å². The van der Waals surface area contributed by atoms with E-state index in [0.717, 1.165) is 6.04 Å². The van der Waals surface area contributed by atoms with Gasteiger partial charge in [0.15, 0.2) is 0 Å². The predicted octanol–water partition coefficient (Wildman–Crippen LogP) is 2.53. The van der Waals surface area contributed by atoms with Crippen molar-refractivity contribution in [2.24, 2.45) is 0 Å². The molecule has 0 amide bonds. The van der Waals surface area contributed by atoms with Crippen LogP contribution in [0, 0.1) is 6.92 Å². The number of nitrogens with zero attached hydrogens (tertiary/aromatic N) is 1. The van der Waals surface area contributed by atoms with Crippen molar-refractivity contribution in [1.29, 1.82) is 0 Å². The molecule has 1 aliphatic heterocycles. The first-order valence-electron chi connectivity index (χ1n) is 7.22. The predicted molar refractivity (Wildman–Crippen MR) is 76.0 cm³/mol. The smallest absolute Gasteiger partial charge is 0.0203 e. The van der Waals surface area contributed by atoms with Gasteiger partial charge in [0, 0.05) is 25.2 Å². The van der Waals surface area contributed by atoms with Crippen LogP contribution in [-0.4, -0.2) is 37.1 Å². The minimum absolute atomic E-state index is 0.683. The lowest BCUT2D eigenvalue weighted by Crippen LogP contribution is -2.47. The molecular formula is C16H24N2. The van der Waals surface area contributed by atoms with Gasteiger partial charge in [-0.25, -0.2) is 0 Å². The van der Waals surface area contributed by atoms with Gasteiger partial charge in [-0.05, 0) is 44.7 Å². The number of nitrogens with one attached hydrogen (secondary N) is 1. The number of piperidine rings is 1. The Kier molecular flexibility index (Phi) is 3.40. The second-order valence-corrected chi connectivity index (χ2v) is 6.20. The first kappa shape index (κ1) is 12.2. The van der Waals surface area contributed by atoms with Crippen LogP contribution in [-0.2, 0) is 0 Å². The lowest BCUT2D eigenvalue weighted by atomic mass is 9.88. The zero-order valence-electron chi connectivity index (χ0n) is 11.5. The lowest BCUT2D eigenvalue weighted by molar-refractivity contribution is 0.203. The molecule has 3 rings (SSSR count). The summed E-state index contributed by atoms with van der Waals surface area (Å²) in [5.41, 5.74) is 2.87. The fourth-order valence-electron chi connectivity index (χ4n) is 3.10. The van der Waals surface area contributed by atoms with Gasteiger partial charge in [0.2, 0.25) is 0 Å². The molecule has 98 valence electrons. The van der Waals surface area contributed by atoms with Gasteiger partial charge in [0.1, 0.15) is 0 Å². The maximum atomic E-state index is 3.79. The highest BCUT2D eigenvalue weighted by atomic mass is 15.2. The highest BCUT2D eigenvalue weighted by molar-refractivity contribution is 5.25. The van der Waals surface area contributed by atoms with Crippen molar-refractivity contribution in [3.8, 4) is 0 Å². The molecule has 1 heterocycles. The largest absolute Gasteiger partial charge is 0.310 e. The molecule has 2 fully saturated rings. The summed E-state index contributed by atoms with van der Waals surface area (Å²) in [6, 6.07) is 10.6. The quantitative estimate of drug-likeness (QED) is 0.879. The number of hydrogen-bond donors (Lipinski definition) is 1. The summed E-state index contributed by atoms with van der Waals surface area (Å²) in [4.78, 5) is 2.48. The average Bonchev–Trinajstić information content (AvgIpc) is 3.13. The third kappa shape index (κ3) is 2.93. The number of likely N-dealkylation sites (N-methyl/N-ethyl adjacent to an activating group) is 1. The van der Waals surface area contributed by atoms with Crippen molar-refractivity contribution < 1.29 is 0 Å². The summed E-state index contributed by atoms with van der Waals surface area (Å²) in [6.07, 6.45) is 4.06. The molecule has 1 aromatic rings. The molecule has 2 atom stereocenters. The maximum absolute atomic E-state index is 3.79. The van der Waals surface area contributed by atoms with E-state index in [2.05, 4.69) is 48.5 Å². The summed E-state index contributed by atoms with van der Waals surface area (Å²) >= 11 is 0. The topological polar surface area (TPSA) is 15.3 Å². The summed E-state index contributed by atoms with van der Waals surface area (Å²) in [6.45, 7) is 4.57. The second-order valence-electron chi connectivity index (χ2n) is 6.20. The second kappa shape index (κ2) is 5.02. The first-order valence-corrected chi connectivity index (χ1v) is 7.22. The Bertz CT molecular complexity index is 392. The zero-order chi connectivity index (χ0) is 12.5. The van der Waals surface area contributed by atoms with E-state index in [1.165, 1.54) is 43.5 Å². The van der Waals surface area contributed by atoms with Gasteiger partial charge < -0.3 is 10.2 Å². The first-order chi connectivity index (χ1) is 8.70. The van der Waals surface area contributed by atoms with Crippen LogP contribution in [0.3, 0.4) is 0 Å². The maximum Gasteiger partial charge on any atom is 0.0203 e. The van der Waals surface area contributed by atoms with Crippen LogP contribution < -0.4 is 5.32 Å². The van der Waals surface area contributed by atoms with Gasteiger partial charge in [-0.2, -0.15) is 0 Å². The molecule has 0 bridgehead atoms. The number of benzene rings is 1. The summed E-state index contributed by atoms with van der Waals surface area (Å²) in [5.74, 6) is 0.695. The monoisotopic (exact) mass is 244 g/mol. The Hall–Kier alpha value is -0.860. The number of aryl methyl sites for hydroxylation is 1. The van der Waals surface area contributed by atoms with Gasteiger partial charge >= 0.3 is 0 Å². The molecule has 0 radical (unpaired) electrons. The average molecular weight is 244 g/mol. The lowest BCUT2D eigenvalue weighted by Gasteiger charge is -2.36. The van der Waals surface area contributed by atoms with Crippen LogP contribution in [0.5, 0.6) is 0 Å². The number of rotatable bonds is 3. The van der Waals surface area contributed by atoms with Crippen molar-refractivity contribution in [2.75, 3.05) is 20.1 Å². The van der Waals surface area contributed by atoms with Gasteiger partial charge in [-0.3, -0.25) is 0 Å². The van der Waals surface area contributed by atoms with E-state index in [9.17, 15) is 0 Å². The Labute approximate surface area is 110 Å². The van der Waals surface area contributed by atoms with Crippen molar-refractivity contribution in [3.05, 3.63) is 35.4 Å². The SMILES string of the molecule is Cc1ccc(C2CC(NC3CC3)CN(C)C2)cc1. The van der Waals surface area contributed by atoms with Gasteiger partial charge in [-0.1, -0.05) is 29.8 Å². The van der Waals surface area contributed by atoms with Crippen molar-refractivity contribution in [2.45, 2.75) is 44.2 Å². The minimum atomic E-state index is 0.683. The molecule has 1 saturated carbocycles. The standard InChI is InChI=1S/C16H24N2/c1-12-3-5-13(6-4-12)14-9-16(11-18(2)10-14)17-15-7-8-15/h3-6,14-17H,7-11H2,1-2H3. The van der Waals surface area contributed by atoms with Gasteiger partial charge in [-0.15, -0.1) is 0 Å². The van der Waals surface area contributed by atoms with Crippen molar-refractivity contribution in [3.63, 3.8) is 0 Å². The summed E-state index contributed by atoms with van der Waals surface area (Å²) in [7, 11) is 2.25. The molecule has 1 N–H and O–H groups in total. The fourth-order valence-corrected chi connectivity index (χ4v) is 3.10. The molecular weight excluding hydrogens is 220 g/mol. The normalized spacial score (nSPS) is 29.4. The highest BCUT2D eigenvalue weighted by Crippen LogP contribution is 2.29. The Morgan fingerprint density at radius 3 is 2.44 bits per heavy atom. The molecule has 1 saturated heterocycles. The van der Waals surface area contributed by atoms with E-state index in [1.807, 2.05) is 0 Å². The molecule has 2 unspecified atom stereocenters. The zero-order valence-corrected chi connectivity index (χ0v) is 11.5. The molecule has 0 spiro atoms. The summed E-state index contributed by atoms with van der Waals surface area (Å²) in [5, 5.41) is 3.79. The van der Waals surface area contributed by atoms with Crippen LogP contribution in [0.4, 0.5) is 0 Å². The van der Waals surface area contributed by atoms with E-state index in [0.29, 0.717) is 12.0 Å². The fraction of sp³-hybridized carbons (Fsp3) is 0.625. The van der Waals surface area contributed by atoms with Crippen molar-refractivity contribution in [1.82, 2.24) is 10.2 Å². The molecule has 18 heavy (non-hydrogen) atoms. The van der Waals surface area contributed by atoms with E-state index in [4.69, 9.17) is 0 Å². The molecule has 2 nitrogen and oxygen atoms in total. The van der Waals surface area contributed by atoms with E-state index in [-0.39, 0.29) is 0 Å². The number of likely N-dealkylation sites (tertiary alicyclic amines) is 1. The van der Waals surface area contributed by atoms with Crippen LogP contribution >= 0.6 is 0 Å².